The maximum Gasteiger partial charge on any atom is 0.164 e. The second-order valence-electron chi connectivity index (χ2n) is 15.5. The highest BCUT2D eigenvalue weighted by Crippen LogP contribution is 2.52. The molecule has 0 spiro atoms. The van der Waals surface area contributed by atoms with Crippen LogP contribution in [0.1, 0.15) is 43.6 Å². The molecule has 5 heteroatoms. The summed E-state index contributed by atoms with van der Waals surface area (Å²) in [5, 5.41) is 4.25. The van der Waals surface area contributed by atoms with Crippen LogP contribution >= 0.6 is 0 Å². The van der Waals surface area contributed by atoms with Gasteiger partial charge in [-0.05, 0) is 70.8 Å². The second kappa shape index (κ2) is 13.0. The molecule has 272 valence electrons. The van der Waals surface area contributed by atoms with Crippen molar-refractivity contribution in [2.24, 2.45) is 0 Å². The highest BCUT2D eigenvalue weighted by atomic mass is 16.3. The number of allylic oxidation sites excluding steroid dienone is 4. The molecule has 2 heterocycles. The number of furan rings is 1. The minimum Gasteiger partial charge on any atom is -0.456 e. The van der Waals surface area contributed by atoms with Gasteiger partial charge in [0.15, 0.2) is 17.5 Å². The van der Waals surface area contributed by atoms with Gasteiger partial charge in [-0.25, -0.2) is 15.0 Å². The first-order chi connectivity index (χ1) is 28.0. The third kappa shape index (κ3) is 5.34. The van der Waals surface area contributed by atoms with E-state index in [1.54, 1.807) is 0 Å². The number of hydrogen-bond donors (Lipinski definition) is 0. The topological polar surface area (TPSA) is 55.1 Å². The third-order valence-corrected chi connectivity index (χ3v) is 11.7. The average molecular weight is 735 g/mol. The molecule has 2 aliphatic carbocycles. The van der Waals surface area contributed by atoms with Crippen LogP contribution in [0.4, 0.5) is 17.1 Å². The lowest BCUT2D eigenvalue weighted by Crippen LogP contribution is -2.16. The number of nitrogens with zero attached hydrogens (tertiary/aromatic N) is 4. The summed E-state index contributed by atoms with van der Waals surface area (Å²) in [4.78, 5) is 17.7. The number of rotatable bonds is 6. The smallest absolute Gasteiger partial charge is 0.164 e. The number of hydrogen-bond acceptors (Lipinski definition) is 5. The molecule has 0 amide bonds. The molecule has 0 fully saturated rings. The van der Waals surface area contributed by atoms with Gasteiger partial charge in [-0.3, -0.25) is 0 Å². The van der Waals surface area contributed by atoms with Crippen LogP contribution in [0, 0.1) is 0 Å². The summed E-state index contributed by atoms with van der Waals surface area (Å²) in [6, 6.07) is 53.7. The van der Waals surface area contributed by atoms with E-state index in [0.717, 1.165) is 79.3 Å². The summed E-state index contributed by atoms with van der Waals surface area (Å²) in [6.45, 7) is 4.67. The van der Waals surface area contributed by atoms with Crippen molar-refractivity contribution in [1.82, 2.24) is 15.0 Å². The maximum atomic E-state index is 6.88. The quantitative estimate of drug-likeness (QED) is 0.170. The Bertz CT molecular complexity index is 3100. The molecule has 0 atom stereocenters. The largest absolute Gasteiger partial charge is 0.456 e. The van der Waals surface area contributed by atoms with Crippen molar-refractivity contribution in [3.63, 3.8) is 0 Å². The maximum absolute atomic E-state index is 6.88. The van der Waals surface area contributed by atoms with Crippen molar-refractivity contribution in [2.75, 3.05) is 4.90 Å². The zero-order chi connectivity index (χ0) is 38.1. The fourth-order valence-corrected chi connectivity index (χ4v) is 8.99. The molecule has 5 nitrogen and oxygen atoms in total. The number of aromatic nitrogens is 3. The van der Waals surface area contributed by atoms with Gasteiger partial charge in [-0.15, -0.1) is 0 Å². The van der Waals surface area contributed by atoms with Crippen LogP contribution in [-0.2, 0) is 5.41 Å². The Morgan fingerprint density at radius 3 is 2.05 bits per heavy atom. The van der Waals surface area contributed by atoms with Crippen molar-refractivity contribution >= 4 is 55.3 Å². The van der Waals surface area contributed by atoms with Crippen molar-refractivity contribution in [2.45, 2.75) is 32.1 Å². The van der Waals surface area contributed by atoms with E-state index in [9.17, 15) is 0 Å². The molecule has 9 aromatic rings. The van der Waals surface area contributed by atoms with Crippen molar-refractivity contribution in [1.29, 1.82) is 0 Å². The molecule has 0 saturated carbocycles. The number of para-hydroxylation sites is 1. The first-order valence-electron chi connectivity index (χ1n) is 19.7. The fourth-order valence-electron chi connectivity index (χ4n) is 8.99. The summed E-state index contributed by atoms with van der Waals surface area (Å²) < 4.78 is 6.88. The molecule has 0 N–H and O–H groups in total. The van der Waals surface area contributed by atoms with Gasteiger partial charge in [0.05, 0.1) is 5.69 Å². The van der Waals surface area contributed by atoms with Gasteiger partial charge in [0.1, 0.15) is 11.2 Å². The van der Waals surface area contributed by atoms with E-state index in [0.29, 0.717) is 17.5 Å². The van der Waals surface area contributed by atoms with E-state index in [-0.39, 0.29) is 5.41 Å². The normalized spacial score (nSPS) is 14.2. The van der Waals surface area contributed by atoms with Gasteiger partial charge >= 0.3 is 0 Å². The molecule has 0 aliphatic heterocycles. The Kier molecular flexibility index (Phi) is 7.58. The zero-order valence-electron chi connectivity index (χ0n) is 31.8. The number of fused-ring (bicyclic) bond motifs is 8. The third-order valence-electron chi connectivity index (χ3n) is 11.7. The van der Waals surface area contributed by atoms with E-state index in [4.69, 9.17) is 19.4 Å². The van der Waals surface area contributed by atoms with E-state index >= 15 is 0 Å². The fraction of sp³-hybridized carbons (Fsp3) is 0.0962. The summed E-state index contributed by atoms with van der Waals surface area (Å²) in [7, 11) is 0. The van der Waals surface area contributed by atoms with Crippen LogP contribution in [0.15, 0.2) is 174 Å². The summed E-state index contributed by atoms with van der Waals surface area (Å²) >= 11 is 0. The van der Waals surface area contributed by atoms with Crippen LogP contribution < -0.4 is 4.90 Å². The predicted molar refractivity (Wildman–Crippen MR) is 234 cm³/mol. The van der Waals surface area contributed by atoms with E-state index < -0.39 is 0 Å². The lowest BCUT2D eigenvalue weighted by Gasteiger charge is -2.29. The minimum absolute atomic E-state index is 0.134. The van der Waals surface area contributed by atoms with Crippen molar-refractivity contribution in [3.8, 4) is 33.9 Å². The lowest BCUT2D eigenvalue weighted by atomic mass is 9.82. The summed E-state index contributed by atoms with van der Waals surface area (Å²) in [5.74, 6) is 1.94. The molecule has 11 rings (SSSR count). The van der Waals surface area contributed by atoms with E-state index in [1.807, 2.05) is 24.3 Å². The van der Waals surface area contributed by atoms with Crippen LogP contribution in [0.5, 0.6) is 0 Å². The second-order valence-corrected chi connectivity index (χ2v) is 15.5. The van der Waals surface area contributed by atoms with Gasteiger partial charge in [-0.2, -0.15) is 0 Å². The van der Waals surface area contributed by atoms with Crippen LogP contribution in [0.25, 0.3) is 72.2 Å². The lowest BCUT2D eigenvalue weighted by molar-refractivity contribution is 0.660. The van der Waals surface area contributed by atoms with Gasteiger partial charge in [0.2, 0.25) is 0 Å². The zero-order valence-corrected chi connectivity index (χ0v) is 31.8. The molecular formula is C52H38N4O. The van der Waals surface area contributed by atoms with Crippen LogP contribution in [0.2, 0.25) is 0 Å². The van der Waals surface area contributed by atoms with Gasteiger partial charge < -0.3 is 9.32 Å². The minimum atomic E-state index is -0.134. The van der Waals surface area contributed by atoms with Crippen molar-refractivity contribution in [3.05, 3.63) is 187 Å². The van der Waals surface area contributed by atoms with Crippen molar-refractivity contribution < 1.29 is 4.42 Å². The molecule has 0 bridgehead atoms. The molecular weight excluding hydrogens is 697 g/mol. The Hall–Kier alpha value is -7.11. The van der Waals surface area contributed by atoms with Crippen LogP contribution in [0.3, 0.4) is 0 Å². The summed E-state index contributed by atoms with van der Waals surface area (Å²) in [6.07, 6.45) is 8.51. The number of anilines is 3. The average Bonchev–Trinajstić information content (AvgIpc) is 3.76. The predicted octanol–water partition coefficient (Wildman–Crippen LogP) is 13.8. The monoisotopic (exact) mass is 734 g/mol. The van der Waals surface area contributed by atoms with Gasteiger partial charge in [-0.1, -0.05) is 147 Å². The number of benzene rings is 7. The van der Waals surface area contributed by atoms with E-state index in [1.165, 1.54) is 22.3 Å². The standard InChI is InChI=1S/C52H38N4O/c1-52(2)42-27-15-14-23-37(42)38-30-29-36(31-43(38)52)56(35-21-10-5-11-22-35)44-32-46-47(40-25-13-12-24-39(40)44)48-41(26-16-28-45(48)57-46)51-54-49(33-17-6-3-7-18-33)53-50(55-51)34-19-8-4-9-20-34/h3,5-8,10-32H,4,9H2,1-2H3. The van der Waals surface area contributed by atoms with Crippen LogP contribution in [-0.4, -0.2) is 15.0 Å². The molecule has 7 aromatic carbocycles. The first-order valence-corrected chi connectivity index (χ1v) is 19.7. The summed E-state index contributed by atoms with van der Waals surface area (Å²) in [5.41, 5.74) is 12.8. The Balaban J connectivity index is 1.15. The Morgan fingerprint density at radius 1 is 0.526 bits per heavy atom. The Morgan fingerprint density at radius 2 is 1.23 bits per heavy atom. The SMILES string of the molecule is CC1(C)c2ccccc2-c2ccc(N(c3ccccc3)c3cc4oc5cccc(-c6nc(C7=CCCC=C7)nc(-c7ccccc7)n6)c5c4c4ccccc34)cc21. The van der Waals surface area contributed by atoms with Gasteiger partial charge in [0.25, 0.3) is 0 Å². The molecule has 0 saturated heterocycles. The highest BCUT2D eigenvalue weighted by Gasteiger charge is 2.36. The molecule has 0 radical (unpaired) electrons. The van der Waals surface area contributed by atoms with Gasteiger partial charge in [0, 0.05) is 55.7 Å². The Labute approximate surface area is 331 Å². The van der Waals surface area contributed by atoms with E-state index in [2.05, 4.69) is 164 Å². The molecule has 57 heavy (non-hydrogen) atoms. The molecule has 2 aliphatic rings. The first kappa shape index (κ1) is 33.2. The highest BCUT2D eigenvalue weighted by molar-refractivity contribution is 6.25. The molecule has 2 aromatic heterocycles. The molecule has 0 unspecified atom stereocenters.